The van der Waals surface area contributed by atoms with Gasteiger partial charge in [-0.25, -0.2) is 0 Å². The van der Waals surface area contributed by atoms with Crippen LogP contribution in [0.1, 0.15) is 81.8 Å². The molecule has 3 aromatic rings. The van der Waals surface area contributed by atoms with Crippen LogP contribution in [-0.2, 0) is 5.41 Å². The van der Waals surface area contributed by atoms with Gasteiger partial charge in [0, 0.05) is 10.8 Å². The summed E-state index contributed by atoms with van der Waals surface area (Å²) >= 11 is 0. The molecule has 1 fully saturated rings. The highest BCUT2D eigenvalue weighted by Crippen LogP contribution is 2.57. The molecule has 0 amide bonds. The third-order valence-corrected chi connectivity index (χ3v) is 7.46. The molecule has 2 aliphatic carbocycles. The van der Waals surface area contributed by atoms with Crippen LogP contribution in [0.2, 0.25) is 0 Å². The first-order valence-corrected chi connectivity index (χ1v) is 11.7. The molecule has 0 aliphatic heterocycles. The molecule has 0 aromatic heterocycles. The number of hydrogen-bond donors (Lipinski definition) is 1. The maximum atomic E-state index is 10.9. The normalized spacial score (nSPS) is 19.3. The molecular weight excluding hydrogens is 352 g/mol. The number of phenols is 1. The van der Waals surface area contributed by atoms with E-state index < -0.39 is 0 Å². The average molecular weight is 385 g/mol. The van der Waals surface area contributed by atoms with Gasteiger partial charge in [0.2, 0.25) is 0 Å². The van der Waals surface area contributed by atoms with Gasteiger partial charge in [-0.15, -0.1) is 0 Å². The van der Waals surface area contributed by atoms with Crippen LogP contribution < -0.4 is 0 Å². The molecule has 1 nitrogen and oxygen atoms in total. The SMILES string of the molecule is Oc1cc2c(c3ccccc13)-c1ccccc1C21CCCCCCCCCCC1. The molecule has 0 saturated heterocycles. The zero-order chi connectivity index (χ0) is 19.7. The number of rotatable bonds is 0. The molecule has 1 saturated carbocycles. The lowest BCUT2D eigenvalue weighted by Gasteiger charge is -2.33. The van der Waals surface area contributed by atoms with E-state index in [1.165, 1.54) is 98.3 Å². The highest BCUT2D eigenvalue weighted by molar-refractivity contribution is 6.05. The van der Waals surface area contributed by atoms with Crippen molar-refractivity contribution in [3.63, 3.8) is 0 Å². The molecule has 1 spiro atoms. The Bertz CT molecular complexity index is 1000. The smallest absolute Gasteiger partial charge is 0.123 e. The van der Waals surface area contributed by atoms with Crippen molar-refractivity contribution in [3.05, 3.63) is 65.7 Å². The van der Waals surface area contributed by atoms with E-state index in [4.69, 9.17) is 0 Å². The van der Waals surface area contributed by atoms with Gasteiger partial charge in [0.05, 0.1) is 0 Å². The van der Waals surface area contributed by atoms with Crippen LogP contribution >= 0.6 is 0 Å². The maximum Gasteiger partial charge on any atom is 0.123 e. The summed E-state index contributed by atoms with van der Waals surface area (Å²) in [5, 5.41) is 13.1. The second-order valence-electron chi connectivity index (χ2n) is 9.17. The second-order valence-corrected chi connectivity index (χ2v) is 9.17. The minimum Gasteiger partial charge on any atom is -0.507 e. The van der Waals surface area contributed by atoms with Crippen molar-refractivity contribution in [1.29, 1.82) is 0 Å². The van der Waals surface area contributed by atoms with E-state index in [-0.39, 0.29) is 5.41 Å². The lowest BCUT2D eigenvalue weighted by Crippen LogP contribution is -2.25. The molecule has 150 valence electrons. The Morgan fingerprint density at radius 2 is 1.14 bits per heavy atom. The average Bonchev–Trinajstić information content (AvgIpc) is 3.01. The monoisotopic (exact) mass is 384 g/mol. The molecule has 29 heavy (non-hydrogen) atoms. The van der Waals surface area contributed by atoms with Gasteiger partial charge in [-0.05, 0) is 46.5 Å². The Morgan fingerprint density at radius 3 is 1.83 bits per heavy atom. The van der Waals surface area contributed by atoms with Gasteiger partial charge >= 0.3 is 0 Å². The van der Waals surface area contributed by atoms with Gasteiger partial charge in [0.15, 0.2) is 0 Å². The van der Waals surface area contributed by atoms with Gasteiger partial charge in [-0.3, -0.25) is 0 Å². The summed E-state index contributed by atoms with van der Waals surface area (Å²) < 4.78 is 0. The molecule has 5 rings (SSSR count). The third-order valence-electron chi connectivity index (χ3n) is 7.46. The molecule has 2 aliphatic rings. The van der Waals surface area contributed by atoms with E-state index in [0.29, 0.717) is 5.75 Å². The Hall–Kier alpha value is -2.28. The quantitative estimate of drug-likeness (QED) is 0.415. The first kappa shape index (κ1) is 18.7. The van der Waals surface area contributed by atoms with Gasteiger partial charge in [0.1, 0.15) is 5.75 Å². The van der Waals surface area contributed by atoms with E-state index in [9.17, 15) is 5.11 Å². The van der Waals surface area contributed by atoms with Crippen LogP contribution in [0.3, 0.4) is 0 Å². The zero-order valence-corrected chi connectivity index (χ0v) is 17.4. The van der Waals surface area contributed by atoms with Crippen LogP contribution in [0.25, 0.3) is 21.9 Å². The van der Waals surface area contributed by atoms with E-state index in [1.54, 1.807) is 0 Å². The topological polar surface area (TPSA) is 20.2 Å². The van der Waals surface area contributed by atoms with Crippen molar-refractivity contribution in [2.75, 3.05) is 0 Å². The molecule has 0 bridgehead atoms. The summed E-state index contributed by atoms with van der Waals surface area (Å²) in [5.74, 6) is 0.442. The fourth-order valence-corrected chi connectivity index (χ4v) is 6.04. The van der Waals surface area contributed by atoms with Crippen LogP contribution in [0.4, 0.5) is 0 Å². The van der Waals surface area contributed by atoms with E-state index in [1.807, 2.05) is 6.07 Å². The van der Waals surface area contributed by atoms with Crippen molar-refractivity contribution >= 4 is 10.8 Å². The Balaban J connectivity index is 1.70. The summed E-state index contributed by atoms with van der Waals surface area (Å²) in [6, 6.07) is 19.6. The van der Waals surface area contributed by atoms with Gasteiger partial charge in [-0.2, -0.15) is 0 Å². The van der Waals surface area contributed by atoms with Crippen molar-refractivity contribution < 1.29 is 5.11 Å². The largest absolute Gasteiger partial charge is 0.507 e. The molecular formula is C28H32O. The molecule has 0 heterocycles. The molecule has 0 radical (unpaired) electrons. The van der Waals surface area contributed by atoms with Crippen LogP contribution in [0.15, 0.2) is 54.6 Å². The Kier molecular flexibility index (Phi) is 5.08. The van der Waals surface area contributed by atoms with Gasteiger partial charge < -0.3 is 5.11 Å². The summed E-state index contributed by atoms with van der Waals surface area (Å²) in [6.07, 6.45) is 14.6. The van der Waals surface area contributed by atoms with Crippen molar-refractivity contribution in [2.24, 2.45) is 0 Å². The number of benzene rings is 3. The molecule has 1 N–H and O–H groups in total. The first-order valence-electron chi connectivity index (χ1n) is 11.7. The van der Waals surface area contributed by atoms with Gasteiger partial charge in [0.25, 0.3) is 0 Å². The fourth-order valence-electron chi connectivity index (χ4n) is 6.04. The first-order chi connectivity index (χ1) is 14.3. The predicted molar refractivity (Wildman–Crippen MR) is 123 cm³/mol. The zero-order valence-electron chi connectivity index (χ0n) is 17.4. The number of hydrogen-bond acceptors (Lipinski definition) is 1. The number of phenolic OH excluding ortho intramolecular Hbond substituents is 1. The standard InChI is InChI=1S/C28H32O/c29-26-20-25-27(22-15-9-8-14-21(22)26)23-16-10-11-17-24(23)28(25)18-12-6-4-2-1-3-5-7-13-19-28/h8-11,14-17,20,29H,1-7,12-13,18-19H2. The summed E-state index contributed by atoms with van der Waals surface area (Å²) in [4.78, 5) is 0. The molecule has 1 heteroatoms. The fraction of sp³-hybridized carbons (Fsp3) is 0.429. The molecule has 3 aromatic carbocycles. The highest BCUT2D eigenvalue weighted by Gasteiger charge is 2.43. The predicted octanol–water partition coefficient (Wildman–Crippen LogP) is 8.12. The van der Waals surface area contributed by atoms with E-state index in [2.05, 4.69) is 48.5 Å². The summed E-state index contributed by atoms with van der Waals surface area (Å²) in [6.45, 7) is 0. The maximum absolute atomic E-state index is 10.9. The lowest BCUT2D eigenvalue weighted by atomic mass is 9.70. The van der Waals surface area contributed by atoms with E-state index >= 15 is 0 Å². The van der Waals surface area contributed by atoms with Gasteiger partial charge in [-0.1, -0.05) is 106 Å². The molecule has 0 unspecified atom stereocenters. The number of aromatic hydroxyl groups is 1. The Labute approximate surface area is 174 Å². The van der Waals surface area contributed by atoms with Crippen molar-refractivity contribution in [1.82, 2.24) is 0 Å². The second kappa shape index (κ2) is 7.86. The van der Waals surface area contributed by atoms with Crippen molar-refractivity contribution in [2.45, 2.75) is 76.0 Å². The Morgan fingerprint density at radius 1 is 0.586 bits per heavy atom. The summed E-state index contributed by atoms with van der Waals surface area (Å²) in [7, 11) is 0. The van der Waals surface area contributed by atoms with Crippen LogP contribution in [-0.4, -0.2) is 5.11 Å². The minimum absolute atomic E-state index is 0.0621. The van der Waals surface area contributed by atoms with Crippen molar-refractivity contribution in [3.8, 4) is 16.9 Å². The third kappa shape index (κ3) is 3.16. The minimum atomic E-state index is 0.0621. The number of fused-ring (bicyclic) bond motifs is 7. The van der Waals surface area contributed by atoms with Crippen LogP contribution in [0, 0.1) is 0 Å². The van der Waals surface area contributed by atoms with E-state index in [0.717, 1.165) is 5.39 Å². The molecule has 0 atom stereocenters. The summed E-state index contributed by atoms with van der Waals surface area (Å²) in [5.41, 5.74) is 5.72. The lowest BCUT2D eigenvalue weighted by molar-refractivity contribution is 0.388. The highest BCUT2D eigenvalue weighted by atomic mass is 16.3. The van der Waals surface area contributed by atoms with Crippen LogP contribution in [0.5, 0.6) is 5.75 Å².